The van der Waals surface area contributed by atoms with Crippen molar-refractivity contribution in [1.82, 2.24) is 14.9 Å². The number of nitrogens with two attached hydrogens (primary N) is 1. The van der Waals surface area contributed by atoms with Crippen LogP contribution in [0.1, 0.15) is 23.0 Å². The number of fused-ring (bicyclic) bond motifs is 1. The second kappa shape index (κ2) is 6.63. The first-order valence-corrected chi connectivity index (χ1v) is 8.54. The van der Waals surface area contributed by atoms with Gasteiger partial charge in [-0.1, -0.05) is 27.7 Å². The first-order chi connectivity index (χ1) is 11.1. The Kier molecular flexibility index (Phi) is 4.58. The molecule has 0 atom stereocenters. The van der Waals surface area contributed by atoms with Crippen LogP contribution < -0.4 is 5.84 Å². The summed E-state index contributed by atoms with van der Waals surface area (Å²) in [7, 11) is 0. The zero-order valence-electron chi connectivity index (χ0n) is 12.2. The van der Waals surface area contributed by atoms with Crippen molar-refractivity contribution in [2.75, 3.05) is 12.4 Å². The Morgan fingerprint density at radius 1 is 1.52 bits per heavy atom. The zero-order valence-corrected chi connectivity index (χ0v) is 14.6. The molecule has 0 aliphatic rings. The van der Waals surface area contributed by atoms with Crippen molar-refractivity contribution in [2.24, 2.45) is 0 Å². The molecular weight excluding hydrogens is 384 g/mol. The van der Waals surface area contributed by atoms with Gasteiger partial charge in [0.05, 0.1) is 6.61 Å². The molecule has 0 saturated carbocycles. The molecule has 7 nitrogen and oxygen atoms in total. The Morgan fingerprint density at radius 3 is 3.04 bits per heavy atom. The number of benzene rings is 1. The lowest BCUT2D eigenvalue weighted by molar-refractivity contribution is 0.0491. The summed E-state index contributed by atoms with van der Waals surface area (Å²) >= 11 is 4.80. The van der Waals surface area contributed by atoms with Gasteiger partial charge in [-0.15, -0.1) is 10.2 Å². The van der Waals surface area contributed by atoms with E-state index in [0.29, 0.717) is 16.5 Å². The molecule has 3 aromatic rings. The van der Waals surface area contributed by atoms with Gasteiger partial charge in [-0.25, -0.2) is 9.47 Å². The molecule has 3 rings (SSSR count). The molecular formula is C14H13BrN4O3S. The van der Waals surface area contributed by atoms with E-state index in [1.807, 2.05) is 18.2 Å². The van der Waals surface area contributed by atoms with Crippen LogP contribution in [0, 0.1) is 0 Å². The van der Waals surface area contributed by atoms with Crippen LogP contribution in [-0.2, 0) is 10.5 Å². The monoisotopic (exact) mass is 396 g/mol. The molecule has 9 heteroatoms. The molecule has 0 saturated heterocycles. The minimum atomic E-state index is -0.482. The summed E-state index contributed by atoms with van der Waals surface area (Å²) in [6.07, 6.45) is 1.42. The normalized spacial score (nSPS) is 11.0. The number of ether oxygens (including phenoxy) is 1. The van der Waals surface area contributed by atoms with Crippen molar-refractivity contribution in [3.63, 3.8) is 0 Å². The molecule has 0 aliphatic carbocycles. The summed E-state index contributed by atoms with van der Waals surface area (Å²) in [6, 6.07) is 5.57. The molecule has 2 N–H and O–H groups in total. The summed E-state index contributed by atoms with van der Waals surface area (Å²) in [6.45, 7) is 2.03. The molecule has 120 valence electrons. The van der Waals surface area contributed by atoms with Gasteiger partial charge in [-0.2, -0.15) is 0 Å². The molecule has 0 fully saturated rings. The highest BCUT2D eigenvalue weighted by Gasteiger charge is 2.22. The third kappa shape index (κ3) is 3.20. The van der Waals surface area contributed by atoms with Gasteiger partial charge in [0.2, 0.25) is 10.9 Å². The fraction of sp³-hybridized carbons (Fsp3) is 0.214. The predicted octanol–water partition coefficient (Wildman–Crippen LogP) is 2.97. The van der Waals surface area contributed by atoms with Crippen molar-refractivity contribution >= 4 is 44.6 Å². The second-order valence-electron chi connectivity index (χ2n) is 4.58. The molecule has 0 unspecified atom stereocenters. The molecule has 2 aromatic heterocycles. The smallest absolute Gasteiger partial charge is 0.374 e. The molecule has 0 aliphatic heterocycles. The molecule has 1 aromatic carbocycles. The van der Waals surface area contributed by atoms with E-state index in [1.54, 1.807) is 6.92 Å². The maximum Gasteiger partial charge on any atom is 0.374 e. The molecule has 0 spiro atoms. The number of nitrogen functional groups attached to an aromatic ring is 1. The number of furan rings is 1. The summed E-state index contributed by atoms with van der Waals surface area (Å²) < 4.78 is 13.0. The van der Waals surface area contributed by atoms with E-state index in [2.05, 4.69) is 26.1 Å². The van der Waals surface area contributed by atoms with Gasteiger partial charge in [0.1, 0.15) is 11.9 Å². The van der Waals surface area contributed by atoms with Gasteiger partial charge in [-0.05, 0) is 25.1 Å². The van der Waals surface area contributed by atoms with E-state index in [4.69, 9.17) is 15.0 Å². The maximum atomic E-state index is 12.2. The van der Waals surface area contributed by atoms with Crippen LogP contribution >= 0.6 is 27.7 Å². The van der Waals surface area contributed by atoms with Crippen molar-refractivity contribution < 1.29 is 13.9 Å². The fourth-order valence-electron chi connectivity index (χ4n) is 2.10. The maximum absolute atomic E-state index is 12.2. The van der Waals surface area contributed by atoms with Crippen LogP contribution in [0.15, 0.2) is 38.6 Å². The van der Waals surface area contributed by atoms with Crippen LogP contribution in [0.3, 0.4) is 0 Å². The third-order valence-electron chi connectivity index (χ3n) is 3.10. The highest BCUT2D eigenvalue weighted by molar-refractivity contribution is 9.10. The third-order valence-corrected chi connectivity index (χ3v) is 4.58. The first-order valence-electron chi connectivity index (χ1n) is 6.76. The number of carbonyl (C=O) groups is 1. The topological polar surface area (TPSA) is 96.2 Å². The van der Waals surface area contributed by atoms with Crippen molar-refractivity contribution in [2.45, 2.75) is 17.8 Å². The van der Waals surface area contributed by atoms with Crippen molar-refractivity contribution in [3.8, 4) is 0 Å². The van der Waals surface area contributed by atoms with Gasteiger partial charge in [0.15, 0.2) is 0 Å². The highest BCUT2D eigenvalue weighted by atomic mass is 79.9. The van der Waals surface area contributed by atoms with E-state index >= 15 is 0 Å². The van der Waals surface area contributed by atoms with E-state index in [1.165, 1.54) is 22.8 Å². The standard InChI is InChI=1S/C14H13BrN4O3S/c1-2-21-13(20)12-10(6-23-14-18-17-7-19(14)16)9-5-8(15)3-4-11(9)22-12/h3-5,7H,2,6,16H2,1H3. The van der Waals surface area contributed by atoms with Gasteiger partial charge in [-0.3, -0.25) is 0 Å². The van der Waals surface area contributed by atoms with E-state index in [-0.39, 0.29) is 12.4 Å². The lowest BCUT2D eigenvalue weighted by Crippen LogP contribution is -2.08. The Hall–Kier alpha value is -2.00. The molecule has 0 radical (unpaired) electrons. The number of hydrogen-bond donors (Lipinski definition) is 1. The number of hydrogen-bond acceptors (Lipinski definition) is 7. The zero-order chi connectivity index (χ0) is 16.4. The molecule has 23 heavy (non-hydrogen) atoms. The summed E-state index contributed by atoms with van der Waals surface area (Å²) in [4.78, 5) is 12.2. The van der Waals surface area contributed by atoms with Gasteiger partial charge in [0, 0.05) is 21.2 Å². The Morgan fingerprint density at radius 2 is 2.35 bits per heavy atom. The predicted molar refractivity (Wildman–Crippen MR) is 89.6 cm³/mol. The van der Waals surface area contributed by atoms with Crippen LogP contribution in [-0.4, -0.2) is 27.4 Å². The van der Waals surface area contributed by atoms with E-state index in [9.17, 15) is 4.79 Å². The van der Waals surface area contributed by atoms with Crippen molar-refractivity contribution in [3.05, 3.63) is 40.3 Å². The van der Waals surface area contributed by atoms with Crippen LogP contribution in [0.4, 0.5) is 0 Å². The van der Waals surface area contributed by atoms with Gasteiger partial charge < -0.3 is 15.0 Å². The number of rotatable bonds is 5. The first kappa shape index (κ1) is 15.9. The average Bonchev–Trinajstić information content (AvgIpc) is 3.09. The lowest BCUT2D eigenvalue weighted by Gasteiger charge is -2.03. The Balaban J connectivity index is 2.00. The van der Waals surface area contributed by atoms with Gasteiger partial charge in [0.25, 0.3) is 0 Å². The number of esters is 1. The lowest BCUT2D eigenvalue weighted by atomic mass is 10.1. The minimum Gasteiger partial charge on any atom is -0.460 e. The summed E-state index contributed by atoms with van der Waals surface area (Å²) in [5.41, 5.74) is 1.37. The quantitative estimate of drug-likeness (QED) is 0.402. The highest BCUT2D eigenvalue weighted by Crippen LogP contribution is 2.33. The number of thioether (sulfide) groups is 1. The Labute approximate surface area is 144 Å². The van der Waals surface area contributed by atoms with Crippen LogP contribution in [0.5, 0.6) is 0 Å². The van der Waals surface area contributed by atoms with Crippen LogP contribution in [0.25, 0.3) is 11.0 Å². The van der Waals surface area contributed by atoms with Crippen LogP contribution in [0.2, 0.25) is 0 Å². The number of nitrogens with zero attached hydrogens (tertiary/aromatic N) is 3. The van der Waals surface area contributed by atoms with Gasteiger partial charge >= 0.3 is 5.97 Å². The SMILES string of the molecule is CCOC(=O)c1oc2ccc(Br)cc2c1CSc1nncn1N. The van der Waals surface area contributed by atoms with E-state index < -0.39 is 5.97 Å². The Bertz CT molecular complexity index is 861. The number of halogens is 1. The largest absolute Gasteiger partial charge is 0.460 e. The molecule has 0 amide bonds. The molecule has 0 bridgehead atoms. The summed E-state index contributed by atoms with van der Waals surface area (Å²) in [5, 5.41) is 9.04. The average molecular weight is 397 g/mol. The fourth-order valence-corrected chi connectivity index (χ4v) is 3.32. The second-order valence-corrected chi connectivity index (χ2v) is 6.44. The molecule has 2 heterocycles. The minimum absolute atomic E-state index is 0.204. The number of carbonyl (C=O) groups excluding carboxylic acids is 1. The summed E-state index contributed by atoms with van der Waals surface area (Å²) in [5.74, 6) is 5.88. The van der Waals surface area contributed by atoms with Crippen molar-refractivity contribution in [1.29, 1.82) is 0 Å². The van der Waals surface area contributed by atoms with E-state index in [0.717, 1.165) is 15.4 Å². The number of aromatic nitrogens is 3.